The van der Waals surface area contributed by atoms with Crippen LogP contribution in [-0.4, -0.2) is 30.1 Å². The highest BCUT2D eigenvalue weighted by Crippen LogP contribution is 2.10. The van der Waals surface area contributed by atoms with Crippen LogP contribution in [0.2, 0.25) is 0 Å². The minimum Gasteiger partial charge on any atom is -0.497 e. The number of hydrogen-bond donors (Lipinski definition) is 2. The molecule has 2 aromatic rings. The number of amides is 2. The molecule has 1 aromatic heterocycles. The van der Waals surface area contributed by atoms with Gasteiger partial charge in [0.1, 0.15) is 5.75 Å². The standard InChI is InChI=1S/C16H16N4O3/c1-23-14-4-2-3-13(9-14)11-19-20-16(22)15(21)18-10-12-5-7-17-8-6-12/h2-9,11H,10H2,1H3,(H,18,21)(H,20,22)/b19-11-. The molecule has 7 nitrogen and oxygen atoms in total. The second-order valence-electron chi connectivity index (χ2n) is 4.51. The van der Waals surface area contributed by atoms with Gasteiger partial charge in [-0.3, -0.25) is 14.6 Å². The van der Waals surface area contributed by atoms with Gasteiger partial charge in [-0.1, -0.05) is 12.1 Å². The number of benzene rings is 1. The Kier molecular flexibility index (Phi) is 5.81. The minimum atomic E-state index is -0.835. The Bertz CT molecular complexity index is 701. The molecule has 0 aliphatic rings. The van der Waals surface area contributed by atoms with Crippen LogP contribution in [0.4, 0.5) is 0 Å². The maximum atomic E-state index is 11.6. The van der Waals surface area contributed by atoms with E-state index in [9.17, 15) is 9.59 Å². The summed E-state index contributed by atoms with van der Waals surface area (Å²) >= 11 is 0. The summed E-state index contributed by atoms with van der Waals surface area (Å²) in [6.45, 7) is 0.244. The van der Waals surface area contributed by atoms with E-state index in [0.29, 0.717) is 5.75 Å². The molecule has 0 aliphatic carbocycles. The predicted molar refractivity (Wildman–Crippen MR) is 84.8 cm³/mol. The zero-order chi connectivity index (χ0) is 16.5. The van der Waals surface area contributed by atoms with Crippen LogP contribution in [0.1, 0.15) is 11.1 Å². The van der Waals surface area contributed by atoms with Crippen molar-refractivity contribution in [3.63, 3.8) is 0 Å². The summed E-state index contributed by atoms with van der Waals surface area (Å²) in [4.78, 5) is 27.1. The molecule has 0 atom stereocenters. The Morgan fingerprint density at radius 3 is 2.74 bits per heavy atom. The quantitative estimate of drug-likeness (QED) is 0.486. The van der Waals surface area contributed by atoms with Crippen molar-refractivity contribution in [3.8, 4) is 5.75 Å². The van der Waals surface area contributed by atoms with Gasteiger partial charge >= 0.3 is 11.8 Å². The minimum absolute atomic E-state index is 0.244. The lowest BCUT2D eigenvalue weighted by Gasteiger charge is -2.03. The number of nitrogens with zero attached hydrogens (tertiary/aromatic N) is 2. The molecule has 0 unspecified atom stereocenters. The van der Waals surface area contributed by atoms with Crippen molar-refractivity contribution < 1.29 is 14.3 Å². The highest BCUT2D eigenvalue weighted by atomic mass is 16.5. The molecule has 0 bridgehead atoms. The molecule has 23 heavy (non-hydrogen) atoms. The zero-order valence-electron chi connectivity index (χ0n) is 12.5. The van der Waals surface area contributed by atoms with Gasteiger partial charge in [-0.2, -0.15) is 5.10 Å². The lowest BCUT2D eigenvalue weighted by Crippen LogP contribution is -2.37. The number of carbonyl (C=O) groups excluding carboxylic acids is 2. The van der Waals surface area contributed by atoms with Crippen molar-refractivity contribution in [2.75, 3.05) is 7.11 Å². The van der Waals surface area contributed by atoms with E-state index < -0.39 is 11.8 Å². The lowest BCUT2D eigenvalue weighted by atomic mass is 10.2. The third kappa shape index (κ3) is 5.24. The molecule has 0 spiro atoms. The fourth-order valence-corrected chi connectivity index (χ4v) is 1.70. The molecule has 1 heterocycles. The molecule has 0 radical (unpaired) electrons. The molecule has 2 N–H and O–H groups in total. The number of hydrazone groups is 1. The summed E-state index contributed by atoms with van der Waals surface area (Å²) in [5.41, 5.74) is 3.76. The maximum absolute atomic E-state index is 11.6. The fraction of sp³-hybridized carbons (Fsp3) is 0.125. The number of hydrogen-bond acceptors (Lipinski definition) is 5. The first-order valence-corrected chi connectivity index (χ1v) is 6.83. The van der Waals surface area contributed by atoms with E-state index in [1.54, 1.807) is 55.9 Å². The molecule has 0 saturated heterocycles. The van der Waals surface area contributed by atoms with Gasteiger partial charge in [-0.15, -0.1) is 0 Å². The van der Waals surface area contributed by atoms with Gasteiger partial charge in [0.05, 0.1) is 13.3 Å². The molecule has 118 valence electrons. The smallest absolute Gasteiger partial charge is 0.329 e. The average Bonchev–Trinajstić information content (AvgIpc) is 2.60. The van der Waals surface area contributed by atoms with Crippen LogP contribution >= 0.6 is 0 Å². The second-order valence-corrected chi connectivity index (χ2v) is 4.51. The van der Waals surface area contributed by atoms with E-state index in [4.69, 9.17) is 4.74 Å². The Morgan fingerprint density at radius 2 is 2.00 bits per heavy atom. The van der Waals surface area contributed by atoms with E-state index in [1.807, 2.05) is 0 Å². The third-order valence-electron chi connectivity index (χ3n) is 2.88. The average molecular weight is 312 g/mol. The molecule has 2 rings (SSSR count). The van der Waals surface area contributed by atoms with Crippen molar-refractivity contribution in [1.82, 2.24) is 15.7 Å². The summed E-state index contributed by atoms with van der Waals surface area (Å²) in [6, 6.07) is 10.6. The summed E-state index contributed by atoms with van der Waals surface area (Å²) in [7, 11) is 1.56. The SMILES string of the molecule is COc1cccc(/C=N\NC(=O)C(=O)NCc2ccncc2)c1. The lowest BCUT2D eigenvalue weighted by molar-refractivity contribution is -0.139. The molecular weight excluding hydrogens is 296 g/mol. The first-order valence-electron chi connectivity index (χ1n) is 6.83. The van der Waals surface area contributed by atoms with Crippen LogP contribution in [0.3, 0.4) is 0 Å². The van der Waals surface area contributed by atoms with E-state index in [-0.39, 0.29) is 6.54 Å². The number of aromatic nitrogens is 1. The van der Waals surface area contributed by atoms with Gasteiger partial charge in [0.15, 0.2) is 0 Å². The number of ether oxygens (including phenoxy) is 1. The Balaban J connectivity index is 1.81. The molecule has 0 aliphatic heterocycles. The highest BCUT2D eigenvalue weighted by Gasteiger charge is 2.11. The van der Waals surface area contributed by atoms with Crippen LogP contribution in [0, 0.1) is 0 Å². The normalized spacial score (nSPS) is 10.3. The van der Waals surface area contributed by atoms with Gasteiger partial charge in [-0.25, -0.2) is 5.43 Å². The molecule has 0 saturated carbocycles. The first-order chi connectivity index (χ1) is 11.2. The van der Waals surface area contributed by atoms with Crippen LogP contribution in [0.15, 0.2) is 53.9 Å². The number of pyridine rings is 1. The summed E-state index contributed by atoms with van der Waals surface area (Å²) in [5.74, 6) is -0.918. The van der Waals surface area contributed by atoms with E-state index in [2.05, 4.69) is 20.8 Å². The summed E-state index contributed by atoms with van der Waals surface area (Å²) in [6.07, 6.45) is 4.65. The molecule has 0 fully saturated rings. The maximum Gasteiger partial charge on any atom is 0.329 e. The van der Waals surface area contributed by atoms with Crippen molar-refractivity contribution in [3.05, 3.63) is 59.9 Å². The zero-order valence-corrected chi connectivity index (χ0v) is 12.5. The van der Waals surface area contributed by atoms with Crippen molar-refractivity contribution in [1.29, 1.82) is 0 Å². The number of rotatable bonds is 5. The van der Waals surface area contributed by atoms with Crippen molar-refractivity contribution in [2.45, 2.75) is 6.54 Å². The molecule has 1 aromatic carbocycles. The number of carbonyl (C=O) groups is 2. The van der Waals surface area contributed by atoms with Crippen LogP contribution in [0.25, 0.3) is 0 Å². The van der Waals surface area contributed by atoms with E-state index in [1.165, 1.54) is 6.21 Å². The highest BCUT2D eigenvalue weighted by molar-refractivity contribution is 6.35. The number of methoxy groups -OCH3 is 1. The van der Waals surface area contributed by atoms with Crippen molar-refractivity contribution in [2.24, 2.45) is 5.10 Å². The number of nitrogens with one attached hydrogen (secondary N) is 2. The fourth-order valence-electron chi connectivity index (χ4n) is 1.70. The summed E-state index contributed by atoms with van der Waals surface area (Å²) in [5, 5.41) is 6.24. The van der Waals surface area contributed by atoms with Gasteiger partial charge in [0, 0.05) is 18.9 Å². The first kappa shape index (κ1) is 16.2. The molecule has 2 amide bonds. The van der Waals surface area contributed by atoms with Gasteiger partial charge in [-0.05, 0) is 35.4 Å². The Labute approximate surface area is 133 Å². The van der Waals surface area contributed by atoms with Crippen LogP contribution < -0.4 is 15.5 Å². The molecular formula is C16H16N4O3. The Hall–Kier alpha value is -3.22. The topological polar surface area (TPSA) is 92.7 Å². The largest absolute Gasteiger partial charge is 0.497 e. The van der Waals surface area contributed by atoms with E-state index >= 15 is 0 Å². The van der Waals surface area contributed by atoms with Crippen molar-refractivity contribution >= 4 is 18.0 Å². The van der Waals surface area contributed by atoms with Gasteiger partial charge in [0.25, 0.3) is 0 Å². The Morgan fingerprint density at radius 1 is 1.22 bits per heavy atom. The van der Waals surface area contributed by atoms with Crippen LogP contribution in [-0.2, 0) is 16.1 Å². The molecule has 7 heteroatoms. The monoisotopic (exact) mass is 312 g/mol. The van der Waals surface area contributed by atoms with Gasteiger partial charge in [0.2, 0.25) is 0 Å². The summed E-state index contributed by atoms with van der Waals surface area (Å²) < 4.78 is 5.08. The third-order valence-corrected chi connectivity index (χ3v) is 2.88. The van der Waals surface area contributed by atoms with Crippen LogP contribution in [0.5, 0.6) is 5.75 Å². The van der Waals surface area contributed by atoms with Gasteiger partial charge < -0.3 is 10.1 Å². The second kappa shape index (κ2) is 8.28. The predicted octanol–water partition coefficient (Wildman–Crippen LogP) is 0.857. The van der Waals surface area contributed by atoms with E-state index in [0.717, 1.165) is 11.1 Å².